The molecule has 0 aliphatic carbocycles. The summed E-state index contributed by atoms with van der Waals surface area (Å²) in [6.07, 6.45) is 0. The highest BCUT2D eigenvalue weighted by atomic mass is 15.2. The summed E-state index contributed by atoms with van der Waals surface area (Å²) >= 11 is 0. The summed E-state index contributed by atoms with van der Waals surface area (Å²) in [5.74, 6) is 0. The number of rotatable bonds is 12. The molecule has 10 aromatic carbocycles. The second kappa shape index (κ2) is 19.4. The van der Waals surface area contributed by atoms with Gasteiger partial charge in [0.2, 0.25) is 0 Å². The van der Waals surface area contributed by atoms with Gasteiger partial charge in [-0.15, -0.1) is 0 Å². The molecule has 3 nitrogen and oxygen atoms in total. The van der Waals surface area contributed by atoms with Gasteiger partial charge in [-0.2, -0.15) is 0 Å². The van der Waals surface area contributed by atoms with E-state index >= 15 is 0 Å². The molecule has 0 aliphatic rings. The van der Waals surface area contributed by atoms with Crippen LogP contribution >= 0.6 is 0 Å². The first-order valence-electron chi connectivity index (χ1n) is 23.9. The third-order valence-electron chi connectivity index (χ3n) is 13.1. The summed E-state index contributed by atoms with van der Waals surface area (Å²) < 4.78 is 0. The van der Waals surface area contributed by atoms with Crippen LogP contribution in [0.25, 0.3) is 33.4 Å². The lowest BCUT2D eigenvalue weighted by atomic mass is 10.0. The molecule has 0 amide bonds. The van der Waals surface area contributed by atoms with E-state index in [0.717, 1.165) is 51.2 Å². The van der Waals surface area contributed by atoms with Gasteiger partial charge in [0, 0.05) is 34.1 Å². The van der Waals surface area contributed by atoms with E-state index in [0.29, 0.717) is 0 Å². The number of hydrogen-bond acceptors (Lipinski definition) is 3. The molecule has 336 valence electrons. The molecule has 0 bridgehead atoms. The van der Waals surface area contributed by atoms with Crippen LogP contribution in [-0.2, 0) is 0 Å². The molecule has 0 radical (unpaired) electrons. The second-order valence-corrected chi connectivity index (χ2v) is 18.5. The van der Waals surface area contributed by atoms with Crippen LogP contribution in [0.3, 0.4) is 0 Å². The molecule has 3 heteroatoms. The van der Waals surface area contributed by atoms with Crippen LogP contribution in [0.2, 0.25) is 0 Å². The highest BCUT2D eigenvalue weighted by molar-refractivity contribution is 5.90. The quantitative estimate of drug-likeness (QED) is 0.121. The first-order valence-corrected chi connectivity index (χ1v) is 23.9. The Kier molecular flexibility index (Phi) is 12.5. The molecule has 0 aliphatic heterocycles. The van der Waals surface area contributed by atoms with Crippen molar-refractivity contribution in [1.82, 2.24) is 0 Å². The molecular formula is C66H57N3. The fraction of sp³-hybridized carbons (Fsp3) is 0.0909. The molecule has 0 saturated carbocycles. The van der Waals surface area contributed by atoms with Crippen molar-refractivity contribution in [1.29, 1.82) is 0 Å². The molecule has 69 heavy (non-hydrogen) atoms. The minimum absolute atomic E-state index is 1.02. The number of benzene rings is 10. The Morgan fingerprint density at radius 1 is 0.159 bits per heavy atom. The van der Waals surface area contributed by atoms with Gasteiger partial charge in [0.15, 0.2) is 0 Å². The summed E-state index contributed by atoms with van der Waals surface area (Å²) in [5, 5.41) is 0. The molecular weight excluding hydrogens is 835 g/mol. The van der Waals surface area contributed by atoms with Gasteiger partial charge in [-0.1, -0.05) is 179 Å². The molecule has 0 aromatic heterocycles. The predicted molar refractivity (Wildman–Crippen MR) is 295 cm³/mol. The molecule has 10 aromatic rings. The highest BCUT2D eigenvalue weighted by Gasteiger charge is 2.23. The zero-order valence-electron chi connectivity index (χ0n) is 40.4. The van der Waals surface area contributed by atoms with Crippen LogP contribution in [0.4, 0.5) is 51.2 Å². The van der Waals surface area contributed by atoms with E-state index in [4.69, 9.17) is 0 Å². The minimum Gasteiger partial charge on any atom is -0.310 e. The van der Waals surface area contributed by atoms with Gasteiger partial charge in [-0.3, -0.25) is 0 Å². The van der Waals surface area contributed by atoms with Crippen molar-refractivity contribution in [2.24, 2.45) is 0 Å². The molecule has 0 atom stereocenters. The van der Waals surface area contributed by atoms with E-state index in [1.165, 1.54) is 66.8 Å². The van der Waals surface area contributed by atoms with Gasteiger partial charge in [0.1, 0.15) is 0 Å². The molecule has 10 rings (SSSR count). The Morgan fingerprint density at radius 3 is 0.464 bits per heavy atom. The zero-order chi connectivity index (χ0) is 47.4. The molecule has 0 heterocycles. The lowest BCUT2D eigenvalue weighted by molar-refractivity contribution is 1.22. The monoisotopic (exact) mass is 891 g/mol. The molecule has 0 unspecified atom stereocenters. The number of hydrogen-bond donors (Lipinski definition) is 0. The Hall–Kier alpha value is -8.40. The molecule has 0 fully saturated rings. The lowest BCUT2D eigenvalue weighted by Crippen LogP contribution is -2.16. The van der Waals surface area contributed by atoms with Gasteiger partial charge >= 0.3 is 0 Å². The maximum atomic E-state index is 2.40. The van der Waals surface area contributed by atoms with Crippen molar-refractivity contribution in [3.63, 3.8) is 0 Å². The van der Waals surface area contributed by atoms with Crippen molar-refractivity contribution in [2.45, 2.75) is 41.5 Å². The second-order valence-electron chi connectivity index (χ2n) is 18.5. The van der Waals surface area contributed by atoms with Gasteiger partial charge in [0.05, 0.1) is 17.1 Å². The van der Waals surface area contributed by atoms with E-state index in [9.17, 15) is 0 Å². The van der Waals surface area contributed by atoms with E-state index in [2.05, 4.69) is 293 Å². The number of anilines is 9. The summed E-state index contributed by atoms with van der Waals surface area (Å²) in [5.41, 5.74) is 24.0. The summed E-state index contributed by atoms with van der Waals surface area (Å²) in [6, 6.07) is 87.0. The van der Waals surface area contributed by atoms with Crippen LogP contribution in [0, 0.1) is 41.5 Å². The average molecular weight is 892 g/mol. The summed E-state index contributed by atoms with van der Waals surface area (Å²) in [4.78, 5) is 7.19. The van der Waals surface area contributed by atoms with Gasteiger partial charge in [-0.05, 0) is 166 Å². The molecule has 0 spiro atoms. The Labute approximate surface area is 408 Å². The fourth-order valence-electron chi connectivity index (χ4n) is 9.04. The van der Waals surface area contributed by atoms with Crippen molar-refractivity contribution < 1.29 is 0 Å². The largest absolute Gasteiger partial charge is 0.310 e. The van der Waals surface area contributed by atoms with E-state index in [-0.39, 0.29) is 0 Å². The van der Waals surface area contributed by atoms with Gasteiger partial charge in [-0.25, -0.2) is 0 Å². The van der Waals surface area contributed by atoms with Crippen molar-refractivity contribution >= 4 is 51.2 Å². The third-order valence-corrected chi connectivity index (χ3v) is 13.1. The van der Waals surface area contributed by atoms with Crippen LogP contribution in [0.15, 0.2) is 237 Å². The zero-order valence-corrected chi connectivity index (χ0v) is 40.4. The predicted octanol–water partition coefficient (Wildman–Crippen LogP) is 18.9. The van der Waals surface area contributed by atoms with Crippen molar-refractivity contribution in [3.05, 3.63) is 270 Å². The van der Waals surface area contributed by atoms with Crippen LogP contribution in [0.1, 0.15) is 33.4 Å². The van der Waals surface area contributed by atoms with Crippen molar-refractivity contribution in [2.75, 3.05) is 14.7 Å². The summed E-state index contributed by atoms with van der Waals surface area (Å²) in [7, 11) is 0. The lowest BCUT2D eigenvalue weighted by Gasteiger charge is -2.33. The van der Waals surface area contributed by atoms with E-state index in [1.54, 1.807) is 0 Å². The average Bonchev–Trinajstić information content (AvgIpc) is 3.37. The van der Waals surface area contributed by atoms with Crippen molar-refractivity contribution in [3.8, 4) is 33.4 Å². The minimum atomic E-state index is 1.02. The third kappa shape index (κ3) is 9.86. The highest BCUT2D eigenvalue weighted by Crippen LogP contribution is 2.47. The van der Waals surface area contributed by atoms with E-state index < -0.39 is 0 Å². The first kappa shape index (κ1) is 44.4. The summed E-state index contributed by atoms with van der Waals surface area (Å²) in [6.45, 7) is 12.9. The maximum absolute atomic E-state index is 2.40. The van der Waals surface area contributed by atoms with Gasteiger partial charge < -0.3 is 14.7 Å². The van der Waals surface area contributed by atoms with Gasteiger partial charge in [0.25, 0.3) is 0 Å². The molecule has 0 N–H and O–H groups in total. The Balaban J connectivity index is 1.20. The number of nitrogens with zero attached hydrogens (tertiary/aromatic N) is 3. The normalized spacial score (nSPS) is 11.0. The Morgan fingerprint density at radius 2 is 0.290 bits per heavy atom. The van der Waals surface area contributed by atoms with Crippen LogP contribution < -0.4 is 14.7 Å². The first-order chi connectivity index (χ1) is 33.6. The molecule has 0 saturated heterocycles. The fourth-order valence-corrected chi connectivity index (χ4v) is 9.04. The van der Waals surface area contributed by atoms with Crippen LogP contribution in [-0.4, -0.2) is 0 Å². The number of aryl methyl sites for hydroxylation is 6. The Bertz CT molecular complexity index is 2920. The maximum Gasteiger partial charge on any atom is 0.0503 e. The van der Waals surface area contributed by atoms with Crippen LogP contribution in [0.5, 0.6) is 0 Å². The SMILES string of the molecule is Cc1ccc(-c2ccc(N(c3ccc(C)cc3)c3cc(N(c4ccc(C)cc4)c4ccc(-c5ccc(C)cc5)cc4)cc(N(c4ccc(C)cc4)c4ccc(-c5ccc(C)cc5)cc4)c3)cc2)cc1. The van der Waals surface area contributed by atoms with E-state index in [1.807, 2.05) is 0 Å². The topological polar surface area (TPSA) is 9.72 Å². The standard InChI is InChI=1S/C66H57N3/c1-46-7-19-52(20-8-46)55-25-37-61(38-26-55)67(58-31-13-49(4)14-32-58)64-43-65(68(59-33-15-50(5)16-34-59)62-39-27-56(28-40-62)53-21-9-47(2)10-22-53)45-66(44-64)69(60-35-17-51(6)18-36-60)63-41-29-57(30-42-63)54-23-11-48(3)12-24-54/h7-45H,1-6H3. The smallest absolute Gasteiger partial charge is 0.0503 e.